The molecule has 2 N–H and O–H groups in total. The Morgan fingerprint density at radius 2 is 2.05 bits per heavy atom. The number of amides is 1. The number of hydrogen-bond acceptors (Lipinski definition) is 5. The van der Waals surface area contributed by atoms with Gasteiger partial charge in [0.1, 0.15) is 0 Å². The van der Waals surface area contributed by atoms with E-state index in [0.717, 1.165) is 0 Å². The zero-order valence-electron chi connectivity index (χ0n) is 12.1. The van der Waals surface area contributed by atoms with Crippen LogP contribution in [0.5, 0.6) is 0 Å². The fourth-order valence-corrected chi connectivity index (χ4v) is 2.34. The van der Waals surface area contributed by atoms with E-state index in [1.807, 2.05) is 0 Å². The fourth-order valence-electron chi connectivity index (χ4n) is 1.82. The largest absolute Gasteiger partial charge is 0.481 e. The maximum absolute atomic E-state index is 12.1. The van der Waals surface area contributed by atoms with Crippen LogP contribution >= 0.6 is 23.4 Å². The molecule has 1 heterocycles. The molecule has 0 radical (unpaired) electrons. The molecule has 0 aliphatic heterocycles. The maximum atomic E-state index is 12.1. The summed E-state index contributed by atoms with van der Waals surface area (Å²) in [5.74, 6) is -1.42. The van der Waals surface area contributed by atoms with Crippen molar-refractivity contribution >= 4 is 35.2 Å². The molecule has 1 amide bonds. The van der Waals surface area contributed by atoms with E-state index in [4.69, 9.17) is 11.6 Å². The summed E-state index contributed by atoms with van der Waals surface area (Å²) in [4.78, 5) is 31.5. The predicted octanol–water partition coefficient (Wildman–Crippen LogP) is 2.47. The molecular weight excluding hydrogens is 314 g/mol. The van der Waals surface area contributed by atoms with Gasteiger partial charge in [-0.25, -0.2) is 9.97 Å². The first-order chi connectivity index (χ1) is 9.90. The van der Waals surface area contributed by atoms with Gasteiger partial charge in [-0.2, -0.15) is 0 Å². The van der Waals surface area contributed by atoms with Crippen LogP contribution in [-0.2, 0) is 4.79 Å². The highest BCUT2D eigenvalue weighted by Crippen LogP contribution is 2.26. The number of thioether (sulfide) groups is 1. The number of carboxylic acid groups (broad SMARTS) is 1. The van der Waals surface area contributed by atoms with Crippen molar-refractivity contribution in [3.63, 3.8) is 0 Å². The van der Waals surface area contributed by atoms with E-state index < -0.39 is 17.3 Å². The number of aliphatic carboxylic acids is 1. The van der Waals surface area contributed by atoms with E-state index in [-0.39, 0.29) is 17.3 Å². The van der Waals surface area contributed by atoms with Crippen LogP contribution in [-0.4, -0.2) is 39.8 Å². The van der Waals surface area contributed by atoms with Gasteiger partial charge in [0, 0.05) is 6.54 Å². The molecule has 0 spiro atoms. The molecule has 1 aromatic rings. The van der Waals surface area contributed by atoms with Crippen molar-refractivity contribution in [2.45, 2.75) is 31.8 Å². The normalized spacial score (nSPS) is 11.2. The molecule has 0 bridgehead atoms. The molecule has 8 heteroatoms. The van der Waals surface area contributed by atoms with Crippen LogP contribution in [0, 0.1) is 5.41 Å². The van der Waals surface area contributed by atoms with Crippen molar-refractivity contribution in [2.24, 2.45) is 5.41 Å². The van der Waals surface area contributed by atoms with Crippen LogP contribution in [0.2, 0.25) is 5.02 Å². The summed E-state index contributed by atoms with van der Waals surface area (Å²) >= 11 is 7.21. The Kier molecular flexibility index (Phi) is 6.42. The zero-order valence-corrected chi connectivity index (χ0v) is 13.7. The van der Waals surface area contributed by atoms with Crippen LogP contribution < -0.4 is 5.32 Å². The van der Waals surface area contributed by atoms with Crippen LogP contribution in [0.15, 0.2) is 11.4 Å². The van der Waals surface area contributed by atoms with Gasteiger partial charge < -0.3 is 10.4 Å². The molecule has 0 fully saturated rings. The highest BCUT2D eigenvalue weighted by molar-refractivity contribution is 7.98. The van der Waals surface area contributed by atoms with Crippen molar-refractivity contribution in [1.29, 1.82) is 0 Å². The molecular formula is C13H18ClN3O3S. The number of nitrogens with one attached hydrogen (secondary N) is 1. The summed E-state index contributed by atoms with van der Waals surface area (Å²) in [6.45, 7) is 3.60. The Morgan fingerprint density at radius 3 is 2.52 bits per heavy atom. The Balaban J connectivity index is 2.89. The lowest BCUT2D eigenvalue weighted by atomic mass is 9.82. The number of carbonyl (C=O) groups is 2. The molecule has 116 valence electrons. The zero-order chi connectivity index (χ0) is 16.0. The summed E-state index contributed by atoms with van der Waals surface area (Å²) in [5, 5.41) is 12.5. The molecule has 0 saturated carbocycles. The lowest BCUT2D eigenvalue weighted by Gasteiger charge is -2.26. The second-order valence-electron chi connectivity index (χ2n) is 4.53. The first-order valence-corrected chi connectivity index (χ1v) is 8.08. The van der Waals surface area contributed by atoms with Gasteiger partial charge in [-0.3, -0.25) is 9.59 Å². The summed E-state index contributed by atoms with van der Waals surface area (Å²) < 4.78 is 0. The number of rotatable bonds is 7. The van der Waals surface area contributed by atoms with Gasteiger partial charge >= 0.3 is 5.97 Å². The minimum atomic E-state index is -0.975. The van der Waals surface area contributed by atoms with E-state index >= 15 is 0 Å². The fraction of sp³-hybridized carbons (Fsp3) is 0.538. The Hall–Kier alpha value is -1.34. The van der Waals surface area contributed by atoms with Gasteiger partial charge in [-0.1, -0.05) is 37.2 Å². The summed E-state index contributed by atoms with van der Waals surface area (Å²) in [7, 11) is 0. The Bertz CT molecular complexity index is 535. The van der Waals surface area contributed by atoms with Gasteiger partial charge in [-0.15, -0.1) is 0 Å². The highest BCUT2D eigenvalue weighted by atomic mass is 35.5. The maximum Gasteiger partial charge on any atom is 0.311 e. The van der Waals surface area contributed by atoms with Crippen molar-refractivity contribution in [2.75, 3.05) is 12.8 Å². The van der Waals surface area contributed by atoms with Crippen LogP contribution in [0.25, 0.3) is 0 Å². The Labute approximate surface area is 132 Å². The standard InChI is InChI=1S/C13H18ClN3O3S/c1-4-13(5-2,11(19)20)7-16-10(18)9-8(14)6-15-12(17-9)21-3/h6H,4-5,7H2,1-3H3,(H,16,18)(H,19,20). The van der Waals surface area contributed by atoms with Gasteiger partial charge in [0.25, 0.3) is 5.91 Å². The average Bonchev–Trinajstić information content (AvgIpc) is 2.48. The monoisotopic (exact) mass is 331 g/mol. The quantitative estimate of drug-likeness (QED) is 0.589. The predicted molar refractivity (Wildman–Crippen MR) is 81.8 cm³/mol. The minimum absolute atomic E-state index is 0.0309. The van der Waals surface area contributed by atoms with E-state index in [2.05, 4.69) is 15.3 Å². The molecule has 1 aromatic heterocycles. The molecule has 1 rings (SSSR count). The van der Waals surface area contributed by atoms with Crippen LogP contribution in [0.4, 0.5) is 0 Å². The highest BCUT2D eigenvalue weighted by Gasteiger charge is 2.35. The Morgan fingerprint density at radius 1 is 1.43 bits per heavy atom. The SMILES string of the molecule is CCC(CC)(CNC(=O)c1nc(SC)ncc1Cl)C(=O)O. The lowest BCUT2D eigenvalue weighted by molar-refractivity contribution is -0.149. The third-order valence-corrected chi connectivity index (χ3v) is 4.35. The molecule has 21 heavy (non-hydrogen) atoms. The van der Waals surface area contributed by atoms with Gasteiger partial charge in [0.05, 0.1) is 16.6 Å². The smallest absolute Gasteiger partial charge is 0.311 e. The average molecular weight is 332 g/mol. The number of aromatic nitrogens is 2. The summed E-state index contributed by atoms with van der Waals surface area (Å²) in [6.07, 6.45) is 3.99. The number of carboxylic acids is 1. The molecule has 0 aromatic carbocycles. The number of carbonyl (C=O) groups excluding carboxylic acids is 1. The summed E-state index contributed by atoms with van der Waals surface area (Å²) in [5.41, 5.74) is -0.917. The van der Waals surface area contributed by atoms with Crippen LogP contribution in [0.1, 0.15) is 37.2 Å². The molecule has 0 aliphatic carbocycles. The van der Waals surface area contributed by atoms with E-state index in [1.165, 1.54) is 18.0 Å². The molecule has 0 saturated heterocycles. The van der Waals surface area contributed by atoms with Crippen molar-refractivity contribution in [3.05, 3.63) is 16.9 Å². The van der Waals surface area contributed by atoms with E-state index in [9.17, 15) is 14.7 Å². The number of nitrogens with zero attached hydrogens (tertiary/aromatic N) is 2. The second kappa shape index (κ2) is 7.61. The molecule has 6 nitrogen and oxygen atoms in total. The van der Waals surface area contributed by atoms with Gasteiger partial charge in [0.2, 0.25) is 0 Å². The third kappa shape index (κ3) is 4.07. The van der Waals surface area contributed by atoms with E-state index in [0.29, 0.717) is 18.0 Å². The molecule has 0 atom stereocenters. The summed E-state index contributed by atoms with van der Waals surface area (Å²) in [6, 6.07) is 0. The topological polar surface area (TPSA) is 92.2 Å². The number of halogens is 1. The van der Waals surface area contributed by atoms with Crippen molar-refractivity contribution in [3.8, 4) is 0 Å². The van der Waals surface area contributed by atoms with Crippen molar-refractivity contribution < 1.29 is 14.7 Å². The first kappa shape index (κ1) is 17.7. The first-order valence-electron chi connectivity index (χ1n) is 6.48. The lowest BCUT2D eigenvalue weighted by Crippen LogP contribution is -2.42. The molecule has 0 aliphatic rings. The van der Waals surface area contributed by atoms with Gasteiger partial charge in [-0.05, 0) is 19.1 Å². The minimum Gasteiger partial charge on any atom is -0.481 e. The van der Waals surface area contributed by atoms with Crippen LogP contribution in [0.3, 0.4) is 0 Å². The van der Waals surface area contributed by atoms with Crippen molar-refractivity contribution in [1.82, 2.24) is 15.3 Å². The van der Waals surface area contributed by atoms with E-state index in [1.54, 1.807) is 20.1 Å². The molecule has 0 unspecified atom stereocenters. The second-order valence-corrected chi connectivity index (χ2v) is 5.71. The number of hydrogen-bond donors (Lipinski definition) is 2. The third-order valence-electron chi connectivity index (χ3n) is 3.51. The van der Waals surface area contributed by atoms with Gasteiger partial charge in [0.15, 0.2) is 10.9 Å².